The number of thioether (sulfide) groups is 1. The van der Waals surface area contributed by atoms with Crippen LogP contribution in [0.5, 0.6) is 0 Å². The molecule has 0 bridgehead atoms. The number of hydrogen-bond donors (Lipinski definition) is 1. The van der Waals surface area contributed by atoms with E-state index in [4.69, 9.17) is 9.73 Å². The summed E-state index contributed by atoms with van der Waals surface area (Å²) in [6.07, 6.45) is 5.23. The quantitative estimate of drug-likeness (QED) is 0.687. The van der Waals surface area contributed by atoms with E-state index in [0.29, 0.717) is 37.4 Å². The highest BCUT2D eigenvalue weighted by molar-refractivity contribution is 7.99. The highest BCUT2D eigenvalue weighted by atomic mass is 32.2. The molecule has 2 fully saturated rings. The van der Waals surface area contributed by atoms with E-state index in [-0.39, 0.29) is 18.0 Å². The average molecular weight is 437 g/mol. The van der Waals surface area contributed by atoms with Crippen LogP contribution >= 0.6 is 11.8 Å². The molecule has 3 unspecified atom stereocenters. The van der Waals surface area contributed by atoms with Gasteiger partial charge in [0.15, 0.2) is 5.96 Å². The van der Waals surface area contributed by atoms with Crippen molar-refractivity contribution in [1.29, 1.82) is 0 Å². The number of hydrogen-bond acceptors (Lipinski definition) is 6. The number of morpholine rings is 1. The van der Waals surface area contributed by atoms with Crippen molar-refractivity contribution in [2.45, 2.75) is 51.4 Å². The molecular weight excluding hydrogens is 403 g/mol. The minimum absolute atomic E-state index is 0.0101. The molecule has 4 aliphatic rings. The lowest BCUT2D eigenvalue weighted by Gasteiger charge is -2.38. The Balaban J connectivity index is 1.64. The van der Waals surface area contributed by atoms with Crippen LogP contribution in [-0.2, 0) is 9.53 Å². The Hall–Kier alpha value is -1.54. The molecule has 1 N–H and O–H groups in total. The minimum Gasteiger partial charge on any atom is -0.378 e. The molecule has 0 aromatic heterocycles. The molecule has 0 aromatic rings. The molecule has 3 atom stereocenters. The van der Waals surface area contributed by atoms with Gasteiger partial charge >= 0.3 is 0 Å². The number of allylic oxidation sites excluding steroid dienone is 2. The Morgan fingerprint density at radius 3 is 2.83 bits per heavy atom. The lowest BCUT2D eigenvalue weighted by molar-refractivity contribution is -0.130. The third-order valence-corrected chi connectivity index (χ3v) is 7.44. The molecule has 3 aliphatic heterocycles. The van der Waals surface area contributed by atoms with Crippen LogP contribution in [0, 0.1) is 5.92 Å². The number of halogens is 1. The normalized spacial score (nSPS) is 29.8. The Morgan fingerprint density at radius 2 is 2.17 bits per heavy atom. The maximum Gasteiger partial charge on any atom is 0.253 e. The van der Waals surface area contributed by atoms with Crippen molar-refractivity contribution in [3.05, 3.63) is 23.4 Å². The average Bonchev–Trinajstić information content (AvgIpc) is 3.28. The fraction of sp³-hybridized carbons (Fsp3) is 0.727. The first-order valence-corrected chi connectivity index (χ1v) is 12.3. The van der Waals surface area contributed by atoms with Crippen molar-refractivity contribution in [3.8, 4) is 0 Å². The molecule has 1 amide bonds. The fourth-order valence-electron chi connectivity index (χ4n) is 4.69. The number of amides is 1. The van der Waals surface area contributed by atoms with E-state index < -0.39 is 12.1 Å². The van der Waals surface area contributed by atoms with Crippen molar-refractivity contribution in [2.24, 2.45) is 10.9 Å². The zero-order valence-electron chi connectivity index (χ0n) is 18.0. The molecule has 2 saturated heterocycles. The first-order valence-electron chi connectivity index (χ1n) is 11.1. The number of ether oxygens (including phenoxy) is 1. The Morgan fingerprint density at radius 1 is 1.37 bits per heavy atom. The van der Waals surface area contributed by atoms with Crippen molar-refractivity contribution in [1.82, 2.24) is 15.1 Å². The molecule has 1 aliphatic carbocycles. The van der Waals surface area contributed by atoms with E-state index in [0.717, 1.165) is 43.4 Å². The summed E-state index contributed by atoms with van der Waals surface area (Å²) in [6.45, 7) is 7.24. The fourth-order valence-corrected chi connectivity index (χ4v) is 5.90. The second-order valence-electron chi connectivity index (χ2n) is 8.63. The highest BCUT2D eigenvalue weighted by Gasteiger charge is 2.37. The van der Waals surface area contributed by atoms with Crippen molar-refractivity contribution in [2.75, 3.05) is 44.4 Å². The van der Waals surface area contributed by atoms with Gasteiger partial charge < -0.3 is 19.9 Å². The van der Waals surface area contributed by atoms with Crippen LogP contribution in [0.3, 0.4) is 0 Å². The molecule has 6 nitrogen and oxygen atoms in total. The van der Waals surface area contributed by atoms with Crippen LogP contribution in [0.25, 0.3) is 0 Å². The molecule has 0 saturated carbocycles. The number of nitrogens with zero attached hydrogens (tertiary/aromatic N) is 3. The lowest BCUT2D eigenvalue weighted by atomic mass is 9.87. The zero-order chi connectivity index (χ0) is 21.1. The third-order valence-electron chi connectivity index (χ3n) is 6.29. The molecule has 30 heavy (non-hydrogen) atoms. The Bertz CT molecular complexity index is 727. The SMILES string of the molecule is CC(C)N(C(=O)C1=C(C2C=CCCC2F)NC(N2CCOCC2)=NC1)C1CCSC1. The number of carbonyl (C=O) groups is 1. The predicted molar refractivity (Wildman–Crippen MR) is 119 cm³/mol. The van der Waals surface area contributed by atoms with Gasteiger partial charge in [-0.25, -0.2) is 9.38 Å². The summed E-state index contributed by atoms with van der Waals surface area (Å²) in [4.78, 5) is 22.6. The van der Waals surface area contributed by atoms with Gasteiger partial charge in [0, 0.05) is 42.5 Å². The number of rotatable bonds is 4. The first kappa shape index (κ1) is 21.7. The zero-order valence-corrected chi connectivity index (χ0v) is 18.8. The van der Waals surface area contributed by atoms with E-state index in [1.54, 1.807) is 0 Å². The largest absolute Gasteiger partial charge is 0.378 e. The summed E-state index contributed by atoms with van der Waals surface area (Å²) >= 11 is 1.90. The Labute approximate surface area is 183 Å². The smallest absolute Gasteiger partial charge is 0.253 e. The summed E-state index contributed by atoms with van der Waals surface area (Å²) in [6, 6.07) is 0.339. The number of guanidine groups is 1. The van der Waals surface area contributed by atoms with Crippen molar-refractivity contribution >= 4 is 23.6 Å². The van der Waals surface area contributed by atoms with E-state index in [9.17, 15) is 9.18 Å². The summed E-state index contributed by atoms with van der Waals surface area (Å²) in [5.74, 6) is 2.38. The number of nitrogens with one attached hydrogen (secondary N) is 1. The van der Waals surface area contributed by atoms with Crippen LogP contribution in [-0.4, -0.2) is 84.3 Å². The minimum atomic E-state index is -0.987. The lowest BCUT2D eigenvalue weighted by Crippen LogP contribution is -2.52. The van der Waals surface area contributed by atoms with Gasteiger partial charge in [-0.15, -0.1) is 0 Å². The van der Waals surface area contributed by atoms with Crippen LogP contribution in [0.2, 0.25) is 0 Å². The van der Waals surface area contributed by atoms with Crippen LogP contribution < -0.4 is 5.32 Å². The van der Waals surface area contributed by atoms with Gasteiger partial charge in [0.05, 0.1) is 25.3 Å². The number of carbonyl (C=O) groups excluding carboxylic acids is 1. The maximum atomic E-state index is 15.0. The first-order chi connectivity index (χ1) is 14.6. The maximum absolute atomic E-state index is 15.0. The molecule has 166 valence electrons. The molecule has 0 aromatic carbocycles. The highest BCUT2D eigenvalue weighted by Crippen LogP contribution is 2.32. The molecule has 0 spiro atoms. The summed E-state index contributed by atoms with van der Waals surface area (Å²) in [5, 5.41) is 3.39. The summed E-state index contributed by atoms with van der Waals surface area (Å²) in [5.41, 5.74) is 1.33. The standard InChI is InChI=1S/C22H33FN4O2S/c1-15(2)27(16-7-12-30-14-16)21(28)18-13-24-22(26-8-10-29-11-9-26)25-20(18)17-5-3-4-6-19(17)23/h3,5,15-17,19H,4,6-14H2,1-2H3,(H,24,25). The second kappa shape index (κ2) is 9.73. The van der Waals surface area contributed by atoms with E-state index in [1.165, 1.54) is 0 Å². The van der Waals surface area contributed by atoms with Crippen molar-refractivity contribution in [3.63, 3.8) is 0 Å². The molecule has 3 heterocycles. The second-order valence-corrected chi connectivity index (χ2v) is 9.78. The summed E-state index contributed by atoms with van der Waals surface area (Å²) < 4.78 is 20.4. The number of alkyl halides is 1. The van der Waals surface area contributed by atoms with Gasteiger partial charge in [-0.1, -0.05) is 12.2 Å². The topological polar surface area (TPSA) is 57.2 Å². The van der Waals surface area contributed by atoms with Gasteiger partial charge in [0.1, 0.15) is 6.17 Å². The third kappa shape index (κ3) is 4.54. The van der Waals surface area contributed by atoms with Crippen molar-refractivity contribution < 1.29 is 13.9 Å². The van der Waals surface area contributed by atoms with E-state index in [2.05, 4.69) is 24.1 Å². The predicted octanol–water partition coefficient (Wildman–Crippen LogP) is 2.58. The molecule has 0 radical (unpaired) electrons. The molecule has 4 rings (SSSR count). The van der Waals surface area contributed by atoms with Gasteiger partial charge in [-0.2, -0.15) is 11.8 Å². The summed E-state index contributed by atoms with van der Waals surface area (Å²) in [7, 11) is 0. The monoisotopic (exact) mass is 436 g/mol. The number of aliphatic imine (C=N–C) groups is 1. The van der Waals surface area contributed by atoms with Crippen LogP contribution in [0.4, 0.5) is 4.39 Å². The van der Waals surface area contributed by atoms with Gasteiger partial charge in [-0.3, -0.25) is 4.79 Å². The van der Waals surface area contributed by atoms with Gasteiger partial charge in [0.25, 0.3) is 5.91 Å². The molecule has 8 heteroatoms. The van der Waals surface area contributed by atoms with Gasteiger partial charge in [0.2, 0.25) is 0 Å². The van der Waals surface area contributed by atoms with Crippen LogP contribution in [0.1, 0.15) is 33.1 Å². The van der Waals surface area contributed by atoms with Gasteiger partial charge in [-0.05, 0) is 38.9 Å². The molecular formula is C22H33FN4O2S. The van der Waals surface area contributed by atoms with E-state index in [1.807, 2.05) is 28.8 Å². The Kier molecular flexibility index (Phi) is 7.03. The van der Waals surface area contributed by atoms with Crippen LogP contribution in [0.15, 0.2) is 28.4 Å². The van der Waals surface area contributed by atoms with E-state index >= 15 is 0 Å².